The minimum Gasteiger partial charge on any atom is -0.463 e. The number of aromatic amines is 2. The third-order valence-electron chi connectivity index (χ3n) is 6.99. The predicted molar refractivity (Wildman–Crippen MR) is 151 cm³/mol. The van der Waals surface area contributed by atoms with Gasteiger partial charge < -0.3 is 37.9 Å². The van der Waals surface area contributed by atoms with Gasteiger partial charge in [-0.3, -0.25) is 48.1 Å². The lowest BCUT2D eigenvalue weighted by Crippen LogP contribution is -2.43. The number of fused-ring (bicyclic) bond motifs is 1. The SMILES string of the molecule is CC(=O)OC[C@@H]1O[C@@H](n2c(=O)[nH]c(=O)c3c2[nH]c(=O)n3[C@@H]2O[C@@H](COC(C)=O)[C@@H](OC(C)=O)[C@@H]2OC(C)=O)[C@@H](OC(C)=O)[C@@H]1OC(C)=O. The average Bonchev–Trinajstić information content (AvgIpc) is 3.57. The molecular formula is C27H32N4O17. The number of carbonyl (C=O) groups is 6. The van der Waals surface area contributed by atoms with E-state index in [2.05, 4.69) is 4.98 Å². The summed E-state index contributed by atoms with van der Waals surface area (Å²) in [6.45, 7) is 5.26. The maximum atomic E-state index is 13.6. The van der Waals surface area contributed by atoms with E-state index in [4.69, 9.17) is 37.9 Å². The van der Waals surface area contributed by atoms with Crippen LogP contribution >= 0.6 is 0 Å². The summed E-state index contributed by atoms with van der Waals surface area (Å²) in [6, 6.07) is 0. The summed E-state index contributed by atoms with van der Waals surface area (Å²) in [7, 11) is 0. The van der Waals surface area contributed by atoms with Crippen LogP contribution in [0.5, 0.6) is 0 Å². The summed E-state index contributed by atoms with van der Waals surface area (Å²) in [5.41, 5.74) is -4.57. The highest BCUT2D eigenvalue weighted by atomic mass is 16.7. The number of rotatable bonds is 10. The fourth-order valence-corrected chi connectivity index (χ4v) is 5.43. The maximum absolute atomic E-state index is 13.6. The molecule has 21 heteroatoms. The second-order valence-corrected chi connectivity index (χ2v) is 10.7. The van der Waals surface area contributed by atoms with Crippen molar-refractivity contribution in [3.05, 3.63) is 31.3 Å². The van der Waals surface area contributed by atoms with Crippen LogP contribution in [0, 0.1) is 0 Å². The van der Waals surface area contributed by atoms with Gasteiger partial charge in [-0.1, -0.05) is 0 Å². The van der Waals surface area contributed by atoms with E-state index in [1.54, 1.807) is 0 Å². The van der Waals surface area contributed by atoms with Crippen LogP contribution in [0.25, 0.3) is 11.2 Å². The second kappa shape index (κ2) is 14.2. The van der Waals surface area contributed by atoms with Gasteiger partial charge in [-0.05, 0) is 0 Å². The molecule has 2 aliphatic rings. The molecule has 0 bridgehead atoms. The first-order valence-electron chi connectivity index (χ1n) is 14.3. The molecule has 2 aromatic heterocycles. The maximum Gasteiger partial charge on any atom is 0.332 e. The fourth-order valence-electron chi connectivity index (χ4n) is 5.43. The second-order valence-electron chi connectivity index (χ2n) is 10.7. The smallest absolute Gasteiger partial charge is 0.332 e. The summed E-state index contributed by atoms with van der Waals surface area (Å²) in [5, 5.41) is 0. The molecule has 262 valence electrons. The first kappa shape index (κ1) is 35.5. The summed E-state index contributed by atoms with van der Waals surface area (Å²) in [4.78, 5) is 116. The molecule has 0 aromatic carbocycles. The molecule has 0 spiro atoms. The van der Waals surface area contributed by atoms with Gasteiger partial charge in [0.1, 0.15) is 25.4 Å². The van der Waals surface area contributed by atoms with Gasteiger partial charge in [0, 0.05) is 41.5 Å². The summed E-state index contributed by atoms with van der Waals surface area (Å²) < 4.78 is 44.5. The van der Waals surface area contributed by atoms with E-state index < -0.39 is 126 Å². The topological polar surface area (TPSA) is 269 Å². The summed E-state index contributed by atoms with van der Waals surface area (Å²) >= 11 is 0. The molecule has 4 rings (SSSR count). The Bertz CT molecular complexity index is 1800. The molecule has 48 heavy (non-hydrogen) atoms. The van der Waals surface area contributed by atoms with E-state index in [1.807, 2.05) is 4.98 Å². The van der Waals surface area contributed by atoms with Gasteiger partial charge in [0.25, 0.3) is 5.56 Å². The number of carbonyl (C=O) groups excluding carboxylic acids is 6. The number of hydrogen-bond acceptors (Lipinski definition) is 17. The molecule has 4 heterocycles. The van der Waals surface area contributed by atoms with Crippen molar-refractivity contribution < 1.29 is 66.7 Å². The van der Waals surface area contributed by atoms with Crippen LogP contribution in [0.15, 0.2) is 14.4 Å². The fraction of sp³-hybridized carbons (Fsp3) is 0.593. The Morgan fingerprint density at radius 2 is 0.938 bits per heavy atom. The highest BCUT2D eigenvalue weighted by Crippen LogP contribution is 2.37. The molecule has 2 aliphatic heterocycles. The molecule has 2 aromatic rings. The van der Waals surface area contributed by atoms with Gasteiger partial charge in [-0.2, -0.15) is 0 Å². The van der Waals surface area contributed by atoms with Gasteiger partial charge >= 0.3 is 47.2 Å². The molecule has 0 radical (unpaired) electrons. The van der Waals surface area contributed by atoms with E-state index in [0.29, 0.717) is 9.13 Å². The van der Waals surface area contributed by atoms with Crippen molar-refractivity contribution in [2.24, 2.45) is 0 Å². The zero-order chi connectivity index (χ0) is 35.6. The van der Waals surface area contributed by atoms with E-state index in [0.717, 1.165) is 41.5 Å². The van der Waals surface area contributed by atoms with Crippen LogP contribution in [0.3, 0.4) is 0 Å². The lowest BCUT2D eigenvalue weighted by atomic mass is 10.1. The number of nitrogens with zero attached hydrogens (tertiary/aromatic N) is 2. The van der Waals surface area contributed by atoms with Crippen LogP contribution in [0.1, 0.15) is 54.0 Å². The standard InChI is InChI=1S/C27H32N4O17/c1-9(32)41-7-15-18(43-11(3)34)20(45-13(5)36)24(47-15)30-17-22(28-26(30)39)31(27(40)29-23(17)38)25-21(46-14(6)37)19(44-12(4)35)16(48-25)8-42-10(2)33/h15-16,18-21,24-25H,7-8H2,1-6H3,(H,28,39)(H,29,38,40)/t15-,16-,18+,19+,20-,21-,24+,25+/m0/s1. The number of nitrogens with one attached hydrogen (secondary N) is 2. The highest BCUT2D eigenvalue weighted by Gasteiger charge is 2.54. The van der Waals surface area contributed by atoms with Gasteiger partial charge in [-0.25, -0.2) is 14.2 Å². The lowest BCUT2D eigenvalue weighted by molar-refractivity contribution is -0.166. The first-order valence-corrected chi connectivity index (χ1v) is 14.3. The Morgan fingerprint density at radius 3 is 1.33 bits per heavy atom. The molecule has 2 N–H and O–H groups in total. The zero-order valence-corrected chi connectivity index (χ0v) is 26.4. The van der Waals surface area contributed by atoms with Crippen LogP contribution < -0.4 is 16.9 Å². The first-order chi connectivity index (χ1) is 22.5. The van der Waals surface area contributed by atoms with E-state index in [1.165, 1.54) is 0 Å². The van der Waals surface area contributed by atoms with E-state index in [-0.39, 0.29) is 0 Å². The van der Waals surface area contributed by atoms with Crippen LogP contribution in [0.2, 0.25) is 0 Å². The molecular weight excluding hydrogens is 652 g/mol. The Kier molecular flexibility index (Phi) is 10.5. The third-order valence-corrected chi connectivity index (χ3v) is 6.99. The van der Waals surface area contributed by atoms with Crippen molar-refractivity contribution in [2.45, 2.75) is 90.6 Å². The minimum absolute atomic E-state index is 0.525. The predicted octanol–water partition coefficient (Wildman–Crippen LogP) is -2.17. The molecule has 0 unspecified atom stereocenters. The molecule has 0 amide bonds. The highest BCUT2D eigenvalue weighted by molar-refractivity contribution is 5.71. The number of H-pyrrole nitrogens is 2. The Balaban J connectivity index is 1.91. The van der Waals surface area contributed by atoms with Crippen molar-refractivity contribution in [3.63, 3.8) is 0 Å². The third kappa shape index (κ3) is 7.46. The number of imidazole rings is 1. The van der Waals surface area contributed by atoms with E-state index in [9.17, 15) is 43.2 Å². The summed E-state index contributed by atoms with van der Waals surface area (Å²) in [5.74, 6) is -5.00. The van der Waals surface area contributed by atoms with Gasteiger partial charge in [0.15, 0.2) is 48.0 Å². The molecule has 0 aliphatic carbocycles. The minimum atomic E-state index is -1.72. The lowest BCUT2D eigenvalue weighted by Gasteiger charge is -2.24. The van der Waals surface area contributed by atoms with Crippen molar-refractivity contribution in [1.82, 2.24) is 19.1 Å². The Hall–Kier alpha value is -5.31. The molecule has 0 saturated carbocycles. The largest absolute Gasteiger partial charge is 0.463 e. The molecule has 21 nitrogen and oxygen atoms in total. The Morgan fingerprint density at radius 1 is 0.562 bits per heavy atom. The van der Waals surface area contributed by atoms with Crippen LogP contribution in [0.4, 0.5) is 0 Å². The molecule has 8 atom stereocenters. The zero-order valence-electron chi connectivity index (χ0n) is 26.4. The van der Waals surface area contributed by atoms with E-state index >= 15 is 0 Å². The van der Waals surface area contributed by atoms with Crippen molar-refractivity contribution in [3.8, 4) is 0 Å². The molecule has 2 saturated heterocycles. The van der Waals surface area contributed by atoms with Gasteiger partial charge in [0.2, 0.25) is 0 Å². The average molecular weight is 685 g/mol. The number of aromatic nitrogens is 4. The normalized spacial score (nSPS) is 26.5. The number of esters is 6. The monoisotopic (exact) mass is 684 g/mol. The van der Waals surface area contributed by atoms with Crippen molar-refractivity contribution >= 4 is 47.0 Å². The van der Waals surface area contributed by atoms with Crippen molar-refractivity contribution in [1.29, 1.82) is 0 Å². The molecule has 2 fully saturated rings. The van der Waals surface area contributed by atoms with Crippen LogP contribution in [-0.2, 0) is 66.7 Å². The van der Waals surface area contributed by atoms with Gasteiger partial charge in [-0.15, -0.1) is 0 Å². The summed E-state index contributed by atoms with van der Waals surface area (Å²) in [6.07, 6.45) is -12.1. The number of hydrogen-bond donors (Lipinski definition) is 2. The van der Waals surface area contributed by atoms with Gasteiger partial charge in [0.05, 0.1) is 0 Å². The number of ether oxygens (including phenoxy) is 8. The Labute approximate surface area is 268 Å². The quantitative estimate of drug-likeness (QED) is 0.199. The van der Waals surface area contributed by atoms with Crippen LogP contribution in [-0.4, -0.2) is 105 Å². The van der Waals surface area contributed by atoms with Crippen molar-refractivity contribution in [2.75, 3.05) is 13.2 Å².